The second kappa shape index (κ2) is 5.17. The molecule has 1 aliphatic heterocycles. The summed E-state index contributed by atoms with van der Waals surface area (Å²) in [7, 11) is -0.751. The fourth-order valence-corrected chi connectivity index (χ4v) is 1.91. The molecule has 2 heterocycles. The van der Waals surface area contributed by atoms with Crippen LogP contribution in [0.15, 0.2) is 18.3 Å². The van der Waals surface area contributed by atoms with Crippen LogP contribution in [0.3, 0.4) is 0 Å². The molecule has 1 saturated heterocycles. The zero-order valence-corrected chi connectivity index (χ0v) is 12.4. The highest BCUT2D eigenvalue weighted by molar-refractivity contribution is 6.63. The van der Waals surface area contributed by atoms with Crippen LogP contribution in [0, 0.1) is 0 Å². The second-order valence-corrected chi connectivity index (χ2v) is 6.00. The zero-order valence-electron chi connectivity index (χ0n) is 12.4. The smallest absolute Gasteiger partial charge is 0.399 e. The molecule has 0 spiro atoms. The van der Waals surface area contributed by atoms with E-state index in [0.29, 0.717) is 5.46 Å². The van der Waals surface area contributed by atoms with Gasteiger partial charge in [-0.05, 0) is 33.8 Å². The first kappa shape index (κ1) is 16.1. The third kappa shape index (κ3) is 3.49. The summed E-state index contributed by atoms with van der Waals surface area (Å²) in [4.78, 5) is 3.95. The minimum absolute atomic E-state index is 0.119. The molecule has 1 aromatic heterocycles. The SMILES string of the molecule is CC1(C)OB(c2cccnc2NCC(F)(F)F)OC1(C)C. The maximum Gasteiger partial charge on any atom is 0.498 e. The van der Waals surface area contributed by atoms with Crippen LogP contribution in [0.4, 0.5) is 19.0 Å². The van der Waals surface area contributed by atoms with Gasteiger partial charge in [-0.3, -0.25) is 0 Å². The van der Waals surface area contributed by atoms with Gasteiger partial charge in [-0.1, -0.05) is 6.07 Å². The normalized spacial score (nSPS) is 20.6. The van der Waals surface area contributed by atoms with Crippen molar-refractivity contribution < 1.29 is 22.5 Å². The summed E-state index contributed by atoms with van der Waals surface area (Å²) in [5.74, 6) is 0.119. The number of nitrogens with zero attached hydrogens (tertiary/aromatic N) is 1. The van der Waals surface area contributed by atoms with Crippen LogP contribution >= 0.6 is 0 Å². The molecule has 1 fully saturated rings. The van der Waals surface area contributed by atoms with Gasteiger partial charge in [-0.2, -0.15) is 13.2 Å². The number of anilines is 1. The van der Waals surface area contributed by atoms with E-state index in [4.69, 9.17) is 9.31 Å². The Morgan fingerprint density at radius 1 is 1.19 bits per heavy atom. The van der Waals surface area contributed by atoms with Crippen molar-refractivity contribution in [2.75, 3.05) is 11.9 Å². The van der Waals surface area contributed by atoms with Gasteiger partial charge >= 0.3 is 13.3 Å². The van der Waals surface area contributed by atoms with E-state index in [1.807, 2.05) is 27.7 Å². The van der Waals surface area contributed by atoms with Crippen LogP contribution in [0.25, 0.3) is 0 Å². The Morgan fingerprint density at radius 2 is 1.76 bits per heavy atom. The van der Waals surface area contributed by atoms with Crippen LogP contribution in [0.5, 0.6) is 0 Å². The number of rotatable bonds is 3. The standard InChI is InChI=1S/C13H18BF3N2O2/c1-11(2)12(3,4)21-14(20-11)9-6-5-7-18-10(9)19-8-13(15,16)17/h5-7H,8H2,1-4H3,(H,18,19). The number of halogens is 3. The van der Waals surface area contributed by atoms with E-state index in [1.165, 1.54) is 6.20 Å². The highest BCUT2D eigenvalue weighted by Gasteiger charge is 2.52. The predicted molar refractivity (Wildman–Crippen MR) is 74.5 cm³/mol. The molecule has 4 nitrogen and oxygen atoms in total. The van der Waals surface area contributed by atoms with Crippen molar-refractivity contribution in [2.45, 2.75) is 45.1 Å². The first-order valence-corrected chi connectivity index (χ1v) is 6.63. The number of alkyl halides is 3. The van der Waals surface area contributed by atoms with E-state index in [9.17, 15) is 13.2 Å². The van der Waals surface area contributed by atoms with Crippen molar-refractivity contribution >= 4 is 18.4 Å². The Bertz CT molecular complexity index is 504. The Hall–Kier alpha value is -1.28. The molecule has 0 bridgehead atoms. The Kier molecular flexibility index (Phi) is 3.97. The van der Waals surface area contributed by atoms with Gasteiger partial charge < -0.3 is 14.6 Å². The van der Waals surface area contributed by atoms with Gasteiger partial charge in [0.1, 0.15) is 12.4 Å². The summed E-state index contributed by atoms with van der Waals surface area (Å²) in [6.07, 6.45) is -2.89. The van der Waals surface area contributed by atoms with E-state index in [2.05, 4.69) is 10.3 Å². The van der Waals surface area contributed by atoms with Crippen molar-refractivity contribution in [2.24, 2.45) is 0 Å². The molecule has 1 N–H and O–H groups in total. The molecule has 0 amide bonds. The number of pyridine rings is 1. The molecule has 0 aromatic carbocycles. The summed E-state index contributed by atoms with van der Waals surface area (Å²) >= 11 is 0. The minimum Gasteiger partial charge on any atom is -0.399 e. The Labute approximate surface area is 122 Å². The molecule has 8 heteroatoms. The number of nitrogens with one attached hydrogen (secondary N) is 1. The van der Waals surface area contributed by atoms with Gasteiger partial charge in [0.15, 0.2) is 0 Å². The highest BCUT2D eigenvalue weighted by atomic mass is 19.4. The predicted octanol–water partition coefficient (Wildman–Crippen LogP) is 2.36. The zero-order chi connectivity index (χ0) is 15.9. The Balaban J connectivity index is 2.22. The average Bonchev–Trinajstić information content (AvgIpc) is 2.55. The molecule has 116 valence electrons. The molecule has 1 aromatic rings. The minimum atomic E-state index is -4.31. The summed E-state index contributed by atoms with van der Waals surface area (Å²) in [5.41, 5.74) is -0.663. The van der Waals surface area contributed by atoms with Gasteiger partial charge in [0.05, 0.1) is 11.2 Å². The lowest BCUT2D eigenvalue weighted by Gasteiger charge is -2.32. The van der Waals surface area contributed by atoms with Crippen LogP contribution < -0.4 is 10.8 Å². The topological polar surface area (TPSA) is 43.4 Å². The monoisotopic (exact) mass is 302 g/mol. The number of hydrogen-bond donors (Lipinski definition) is 1. The summed E-state index contributed by atoms with van der Waals surface area (Å²) in [5, 5.41) is 2.29. The summed E-state index contributed by atoms with van der Waals surface area (Å²) < 4.78 is 48.7. The molecular formula is C13H18BF3N2O2. The van der Waals surface area contributed by atoms with Gasteiger partial charge in [0.25, 0.3) is 0 Å². The van der Waals surface area contributed by atoms with E-state index in [1.54, 1.807) is 12.1 Å². The molecule has 0 radical (unpaired) electrons. The van der Waals surface area contributed by atoms with Crippen LogP contribution in [-0.4, -0.2) is 36.0 Å². The fraction of sp³-hybridized carbons (Fsp3) is 0.615. The van der Waals surface area contributed by atoms with Crippen molar-refractivity contribution in [1.29, 1.82) is 0 Å². The van der Waals surface area contributed by atoms with E-state index in [0.717, 1.165) is 0 Å². The van der Waals surface area contributed by atoms with E-state index >= 15 is 0 Å². The van der Waals surface area contributed by atoms with Crippen LogP contribution in [0.1, 0.15) is 27.7 Å². The third-order valence-corrected chi connectivity index (χ3v) is 3.80. The summed E-state index contributed by atoms with van der Waals surface area (Å²) in [6.45, 7) is 6.37. The number of hydrogen-bond acceptors (Lipinski definition) is 4. The van der Waals surface area contributed by atoms with E-state index in [-0.39, 0.29) is 5.82 Å². The molecule has 0 aliphatic carbocycles. The molecule has 1 aliphatic rings. The van der Waals surface area contributed by atoms with E-state index < -0.39 is 31.0 Å². The summed E-state index contributed by atoms with van der Waals surface area (Å²) in [6, 6.07) is 3.28. The van der Waals surface area contributed by atoms with Gasteiger partial charge in [-0.25, -0.2) is 4.98 Å². The lowest BCUT2D eigenvalue weighted by Crippen LogP contribution is -2.41. The number of aromatic nitrogens is 1. The highest BCUT2D eigenvalue weighted by Crippen LogP contribution is 2.36. The van der Waals surface area contributed by atoms with Crippen molar-refractivity contribution in [1.82, 2.24) is 4.98 Å². The molecule has 0 unspecified atom stereocenters. The maximum atomic E-state index is 12.3. The second-order valence-electron chi connectivity index (χ2n) is 6.00. The molecule has 0 atom stereocenters. The lowest BCUT2D eigenvalue weighted by atomic mass is 9.79. The Morgan fingerprint density at radius 3 is 2.29 bits per heavy atom. The van der Waals surface area contributed by atoms with Crippen molar-refractivity contribution in [3.8, 4) is 0 Å². The quantitative estimate of drug-likeness (QED) is 0.871. The molecule has 21 heavy (non-hydrogen) atoms. The van der Waals surface area contributed by atoms with Crippen LogP contribution in [-0.2, 0) is 9.31 Å². The van der Waals surface area contributed by atoms with Crippen molar-refractivity contribution in [3.05, 3.63) is 18.3 Å². The third-order valence-electron chi connectivity index (χ3n) is 3.80. The maximum absolute atomic E-state index is 12.3. The largest absolute Gasteiger partial charge is 0.498 e. The lowest BCUT2D eigenvalue weighted by molar-refractivity contribution is -0.115. The van der Waals surface area contributed by atoms with Crippen molar-refractivity contribution in [3.63, 3.8) is 0 Å². The average molecular weight is 302 g/mol. The first-order valence-electron chi connectivity index (χ1n) is 6.63. The van der Waals surface area contributed by atoms with Gasteiger partial charge in [0.2, 0.25) is 0 Å². The van der Waals surface area contributed by atoms with Crippen LogP contribution in [0.2, 0.25) is 0 Å². The fourth-order valence-electron chi connectivity index (χ4n) is 1.91. The molecule has 2 rings (SSSR count). The molecule has 0 saturated carbocycles. The molecular weight excluding hydrogens is 284 g/mol. The van der Waals surface area contributed by atoms with Gasteiger partial charge in [-0.15, -0.1) is 0 Å². The van der Waals surface area contributed by atoms with Gasteiger partial charge in [0, 0.05) is 11.7 Å². The first-order chi connectivity index (χ1) is 9.52.